The first-order valence-electron chi connectivity index (χ1n) is 5.89. The Bertz CT molecular complexity index is 614. The van der Waals surface area contributed by atoms with Gasteiger partial charge in [0.1, 0.15) is 5.82 Å². The number of hydrogen-bond acceptors (Lipinski definition) is 4. The van der Waals surface area contributed by atoms with Gasteiger partial charge < -0.3 is 11.5 Å². The summed E-state index contributed by atoms with van der Waals surface area (Å²) in [5, 5.41) is 0. The number of halogens is 1. The summed E-state index contributed by atoms with van der Waals surface area (Å²) in [5.41, 5.74) is 9.38. The average molecular weight is 303 g/mol. The zero-order chi connectivity index (χ0) is 15.6. The lowest BCUT2D eigenvalue weighted by atomic mass is 9.93. The maximum atomic E-state index is 13.5. The van der Waals surface area contributed by atoms with Crippen molar-refractivity contribution in [3.05, 3.63) is 29.6 Å². The minimum Gasteiger partial charge on any atom is -0.369 e. The second kappa shape index (κ2) is 5.86. The predicted molar refractivity (Wildman–Crippen MR) is 72.5 cm³/mol. The minimum absolute atomic E-state index is 0.100. The van der Waals surface area contributed by atoms with Crippen LogP contribution in [0.5, 0.6) is 0 Å². The van der Waals surface area contributed by atoms with E-state index in [1.165, 1.54) is 26.0 Å². The molecule has 20 heavy (non-hydrogen) atoms. The van der Waals surface area contributed by atoms with Crippen LogP contribution in [0.15, 0.2) is 23.1 Å². The maximum absolute atomic E-state index is 13.5. The van der Waals surface area contributed by atoms with Crippen molar-refractivity contribution in [3.8, 4) is 0 Å². The zero-order valence-corrected chi connectivity index (χ0v) is 12.1. The molecule has 1 rings (SSSR count). The third kappa shape index (κ3) is 3.53. The molecule has 0 aliphatic heterocycles. The average Bonchev–Trinajstić information content (AvgIpc) is 2.36. The molecule has 0 aliphatic carbocycles. The van der Waals surface area contributed by atoms with E-state index in [4.69, 9.17) is 11.5 Å². The molecule has 0 heterocycles. The molecule has 0 bridgehead atoms. The number of carbonyl (C=O) groups excluding carboxylic acids is 1. The molecule has 0 atom stereocenters. The highest BCUT2D eigenvalue weighted by molar-refractivity contribution is 7.89. The molecule has 0 aromatic heterocycles. The third-order valence-corrected chi connectivity index (χ3v) is 4.43. The van der Waals surface area contributed by atoms with E-state index < -0.39 is 27.2 Å². The number of rotatable bonds is 6. The molecule has 1 amide bonds. The van der Waals surface area contributed by atoms with Crippen LogP contribution in [0, 0.1) is 11.2 Å². The first-order chi connectivity index (χ1) is 9.12. The Kier molecular flexibility index (Phi) is 4.85. The van der Waals surface area contributed by atoms with Crippen molar-refractivity contribution in [1.82, 2.24) is 4.72 Å². The van der Waals surface area contributed by atoms with Gasteiger partial charge in [-0.1, -0.05) is 6.07 Å². The molecule has 0 aliphatic rings. The number of benzene rings is 1. The number of nitrogens with two attached hydrogens (primary N) is 2. The predicted octanol–water partition coefficient (Wildman–Crippen LogP) is 0.0742. The fraction of sp³-hybridized carbons (Fsp3) is 0.417. The molecule has 0 spiro atoms. The molecule has 1 aromatic rings. The van der Waals surface area contributed by atoms with Crippen molar-refractivity contribution in [2.45, 2.75) is 25.3 Å². The van der Waals surface area contributed by atoms with Crippen LogP contribution in [0.3, 0.4) is 0 Å². The molecule has 1 aromatic carbocycles. The highest BCUT2D eigenvalue weighted by Crippen LogP contribution is 2.20. The molecule has 112 valence electrons. The Morgan fingerprint density at radius 2 is 2.00 bits per heavy atom. The van der Waals surface area contributed by atoms with Gasteiger partial charge in [-0.15, -0.1) is 0 Å². The lowest BCUT2D eigenvalue weighted by molar-refractivity contribution is -0.125. The summed E-state index contributed by atoms with van der Waals surface area (Å²) in [6, 6.07) is 3.67. The van der Waals surface area contributed by atoms with Crippen molar-refractivity contribution in [2.75, 3.05) is 6.54 Å². The van der Waals surface area contributed by atoms with Crippen LogP contribution in [0.1, 0.15) is 19.4 Å². The van der Waals surface area contributed by atoms with Crippen LogP contribution >= 0.6 is 0 Å². The van der Waals surface area contributed by atoms with Gasteiger partial charge in [0, 0.05) is 18.7 Å². The first-order valence-corrected chi connectivity index (χ1v) is 7.37. The van der Waals surface area contributed by atoms with E-state index in [-0.39, 0.29) is 23.5 Å². The Morgan fingerprint density at radius 3 is 2.50 bits per heavy atom. The van der Waals surface area contributed by atoms with Crippen molar-refractivity contribution >= 4 is 15.9 Å². The Hall–Kier alpha value is -1.51. The molecular formula is C12H18FN3O3S. The Balaban J connectivity index is 3.07. The van der Waals surface area contributed by atoms with Crippen molar-refractivity contribution in [3.63, 3.8) is 0 Å². The summed E-state index contributed by atoms with van der Waals surface area (Å²) in [4.78, 5) is 10.9. The summed E-state index contributed by atoms with van der Waals surface area (Å²) in [5.74, 6) is -1.33. The van der Waals surface area contributed by atoms with E-state index in [1.807, 2.05) is 0 Å². The topological polar surface area (TPSA) is 115 Å². The molecule has 5 N–H and O–H groups in total. The molecule has 0 radical (unpaired) electrons. The SMILES string of the molecule is CC(C)(CNS(=O)(=O)c1cccc(F)c1CN)C(N)=O. The minimum atomic E-state index is -3.97. The van der Waals surface area contributed by atoms with Crippen molar-refractivity contribution in [1.29, 1.82) is 0 Å². The zero-order valence-electron chi connectivity index (χ0n) is 11.3. The highest BCUT2D eigenvalue weighted by atomic mass is 32.2. The number of sulfonamides is 1. The first kappa shape index (κ1) is 16.5. The number of hydrogen-bond donors (Lipinski definition) is 3. The largest absolute Gasteiger partial charge is 0.369 e. The van der Waals surface area contributed by atoms with E-state index in [0.717, 1.165) is 6.07 Å². The highest BCUT2D eigenvalue weighted by Gasteiger charge is 2.28. The van der Waals surface area contributed by atoms with Gasteiger partial charge >= 0.3 is 0 Å². The van der Waals surface area contributed by atoms with E-state index in [2.05, 4.69) is 4.72 Å². The third-order valence-electron chi connectivity index (χ3n) is 2.94. The van der Waals surface area contributed by atoms with Gasteiger partial charge in [-0.05, 0) is 26.0 Å². The van der Waals surface area contributed by atoms with Gasteiger partial charge in [0.05, 0.1) is 10.3 Å². The van der Waals surface area contributed by atoms with E-state index >= 15 is 0 Å². The molecule has 8 heteroatoms. The smallest absolute Gasteiger partial charge is 0.241 e. The van der Waals surface area contributed by atoms with Gasteiger partial charge in [0.2, 0.25) is 15.9 Å². The fourth-order valence-corrected chi connectivity index (χ4v) is 2.90. The summed E-state index contributed by atoms with van der Waals surface area (Å²) in [7, 11) is -3.97. The molecule has 0 saturated heterocycles. The normalized spacial score (nSPS) is 12.4. The van der Waals surface area contributed by atoms with Gasteiger partial charge in [0.15, 0.2) is 0 Å². The van der Waals surface area contributed by atoms with E-state index in [0.29, 0.717) is 0 Å². The van der Waals surface area contributed by atoms with Gasteiger partial charge in [-0.25, -0.2) is 17.5 Å². The molecule has 6 nitrogen and oxygen atoms in total. The van der Waals surface area contributed by atoms with E-state index in [9.17, 15) is 17.6 Å². The maximum Gasteiger partial charge on any atom is 0.241 e. The number of nitrogens with one attached hydrogen (secondary N) is 1. The monoisotopic (exact) mass is 303 g/mol. The van der Waals surface area contributed by atoms with Crippen LogP contribution in [0.25, 0.3) is 0 Å². The van der Waals surface area contributed by atoms with Crippen molar-refractivity contribution < 1.29 is 17.6 Å². The Labute approximate surface area is 117 Å². The summed E-state index contributed by atoms with van der Waals surface area (Å²) in [6.45, 7) is 2.58. The summed E-state index contributed by atoms with van der Waals surface area (Å²) in [6.07, 6.45) is 0. The molecule has 0 unspecified atom stereocenters. The summed E-state index contributed by atoms with van der Waals surface area (Å²) < 4.78 is 40.1. The second-order valence-corrected chi connectivity index (χ2v) is 6.73. The fourth-order valence-electron chi connectivity index (χ4n) is 1.43. The standard InChI is InChI=1S/C12H18FN3O3S/c1-12(2,11(15)17)7-16-20(18,19)10-5-3-4-9(13)8(10)6-14/h3-5,16H,6-7,14H2,1-2H3,(H2,15,17). The lowest BCUT2D eigenvalue weighted by Crippen LogP contribution is -2.42. The van der Waals surface area contributed by atoms with Gasteiger partial charge in [-0.3, -0.25) is 4.79 Å². The number of primary amides is 1. The number of amides is 1. The van der Waals surface area contributed by atoms with Gasteiger partial charge in [-0.2, -0.15) is 0 Å². The number of carbonyl (C=O) groups is 1. The quantitative estimate of drug-likeness (QED) is 0.690. The second-order valence-electron chi connectivity index (χ2n) is 4.99. The lowest BCUT2D eigenvalue weighted by Gasteiger charge is -2.21. The van der Waals surface area contributed by atoms with Gasteiger partial charge in [0.25, 0.3) is 0 Å². The summed E-state index contributed by atoms with van der Waals surface area (Å²) >= 11 is 0. The molecule has 0 fully saturated rings. The van der Waals surface area contributed by atoms with Crippen LogP contribution < -0.4 is 16.2 Å². The van der Waals surface area contributed by atoms with Crippen molar-refractivity contribution in [2.24, 2.45) is 16.9 Å². The van der Waals surface area contributed by atoms with E-state index in [1.54, 1.807) is 0 Å². The molecule has 0 saturated carbocycles. The van der Waals surface area contributed by atoms with Crippen LogP contribution in [0.4, 0.5) is 4.39 Å². The van der Waals surface area contributed by atoms with Crippen LogP contribution in [0.2, 0.25) is 0 Å². The Morgan fingerprint density at radius 1 is 1.40 bits per heavy atom. The van der Waals surface area contributed by atoms with Crippen LogP contribution in [-0.4, -0.2) is 20.9 Å². The van der Waals surface area contributed by atoms with Crippen LogP contribution in [-0.2, 0) is 21.4 Å². The molecular weight excluding hydrogens is 285 g/mol.